The fraction of sp³-hybridized carbons (Fsp3) is 0.345. The monoisotopic (exact) mass is 478 g/mol. The summed E-state index contributed by atoms with van der Waals surface area (Å²) in [6.45, 7) is 6.41. The Morgan fingerprint density at radius 1 is 1.14 bits per heavy atom. The Bertz CT molecular complexity index is 1410. The van der Waals surface area contributed by atoms with Crippen molar-refractivity contribution < 1.29 is 4.74 Å². The molecule has 2 aliphatic heterocycles. The molecule has 1 aromatic heterocycles. The average molecular weight is 479 g/mol. The molecule has 0 saturated carbocycles. The van der Waals surface area contributed by atoms with Crippen molar-refractivity contribution in [3.8, 4) is 23.2 Å². The van der Waals surface area contributed by atoms with Gasteiger partial charge in [0.15, 0.2) is 5.82 Å². The van der Waals surface area contributed by atoms with Crippen LogP contribution in [0.1, 0.15) is 30.9 Å². The molecule has 1 unspecified atom stereocenters. The summed E-state index contributed by atoms with van der Waals surface area (Å²) in [7, 11) is 0. The lowest BCUT2D eigenvalue weighted by Gasteiger charge is -2.42. The number of fused-ring (bicyclic) bond motifs is 2. The number of hydrogen-bond donors (Lipinski definition) is 1. The van der Waals surface area contributed by atoms with Gasteiger partial charge in [0, 0.05) is 48.9 Å². The number of hydrogen-bond acceptors (Lipinski definition) is 6. The summed E-state index contributed by atoms with van der Waals surface area (Å²) in [6, 6.07) is 21.4. The van der Waals surface area contributed by atoms with Crippen molar-refractivity contribution in [3.05, 3.63) is 72.1 Å². The van der Waals surface area contributed by atoms with E-state index in [9.17, 15) is 5.26 Å². The van der Waals surface area contributed by atoms with Crippen LogP contribution >= 0.6 is 0 Å². The van der Waals surface area contributed by atoms with Gasteiger partial charge >= 0.3 is 0 Å². The maximum absolute atomic E-state index is 9.24. The number of benzene rings is 3. The highest BCUT2D eigenvalue weighted by molar-refractivity contribution is 5.95. The van der Waals surface area contributed by atoms with Crippen molar-refractivity contribution in [1.29, 1.82) is 5.26 Å². The highest BCUT2D eigenvalue weighted by Gasteiger charge is 2.27. The molecule has 0 spiro atoms. The van der Waals surface area contributed by atoms with Gasteiger partial charge in [0.25, 0.3) is 0 Å². The van der Waals surface area contributed by atoms with Crippen LogP contribution in [0.25, 0.3) is 22.2 Å². The Labute approximate surface area is 211 Å². The van der Waals surface area contributed by atoms with Crippen molar-refractivity contribution in [2.24, 2.45) is 0 Å². The minimum absolute atomic E-state index is 0.256. The number of nitrogens with zero attached hydrogens (tertiary/aromatic N) is 5. The summed E-state index contributed by atoms with van der Waals surface area (Å²) in [5.41, 5.74) is 4.27. The van der Waals surface area contributed by atoms with Gasteiger partial charge < -0.3 is 9.64 Å². The minimum Gasteiger partial charge on any atom is -0.490 e. The van der Waals surface area contributed by atoms with Gasteiger partial charge in [-0.15, -0.1) is 0 Å². The van der Waals surface area contributed by atoms with Gasteiger partial charge in [-0.25, -0.2) is 4.98 Å². The van der Waals surface area contributed by atoms with Gasteiger partial charge in [0.05, 0.1) is 11.6 Å². The maximum atomic E-state index is 9.24. The molecule has 2 atom stereocenters. The molecular weight excluding hydrogens is 448 g/mol. The van der Waals surface area contributed by atoms with Crippen molar-refractivity contribution in [2.75, 3.05) is 31.1 Å². The summed E-state index contributed by atoms with van der Waals surface area (Å²) in [5, 5.41) is 18.5. The molecule has 7 heteroatoms. The number of aromatic nitrogens is 3. The number of H-pyrrole nitrogens is 1. The number of nitriles is 1. The zero-order valence-corrected chi connectivity index (χ0v) is 20.5. The summed E-state index contributed by atoms with van der Waals surface area (Å²) in [6.07, 6.45) is 4.90. The number of anilines is 1. The predicted molar refractivity (Wildman–Crippen MR) is 141 cm³/mol. The molecule has 36 heavy (non-hydrogen) atoms. The van der Waals surface area contributed by atoms with E-state index < -0.39 is 0 Å². The molecule has 3 heterocycles. The SMILES string of the molecule is C[C@@H]1CN(c2cccc3cc(C#N)ccc23)CCN1CCC1CCc2cc(-c3ncn[nH]3)ccc2O1. The Kier molecular flexibility index (Phi) is 6.04. The second kappa shape index (κ2) is 9.63. The van der Waals surface area contributed by atoms with Crippen molar-refractivity contribution in [3.63, 3.8) is 0 Å². The highest BCUT2D eigenvalue weighted by atomic mass is 16.5. The van der Waals surface area contributed by atoms with E-state index in [4.69, 9.17) is 4.74 Å². The van der Waals surface area contributed by atoms with Crippen LogP contribution in [0.4, 0.5) is 5.69 Å². The van der Waals surface area contributed by atoms with E-state index in [0.29, 0.717) is 11.6 Å². The van der Waals surface area contributed by atoms with E-state index in [2.05, 4.69) is 80.4 Å². The summed E-state index contributed by atoms with van der Waals surface area (Å²) in [4.78, 5) is 9.35. The standard InChI is InChI=1S/C29H30N6O/c1-20-18-35(27-4-2-3-22-15-21(17-30)5-9-26(22)27)14-13-34(20)12-11-25-8-6-23-16-24(7-10-28(23)36-25)29-31-19-32-33-29/h2-5,7,9-10,15-16,19-20,25H,6,8,11-14,18H2,1H3,(H,31,32,33)/t20-,25?/m1/s1. The lowest BCUT2D eigenvalue weighted by atomic mass is 9.98. The van der Waals surface area contributed by atoms with Crippen molar-refractivity contribution in [2.45, 2.75) is 38.3 Å². The van der Waals surface area contributed by atoms with Crippen LogP contribution in [0.3, 0.4) is 0 Å². The second-order valence-corrected chi connectivity index (χ2v) is 9.88. The van der Waals surface area contributed by atoms with Crippen LogP contribution in [-0.4, -0.2) is 58.4 Å². The molecule has 7 nitrogen and oxygen atoms in total. The number of ether oxygens (including phenoxy) is 1. The Morgan fingerprint density at radius 2 is 2.08 bits per heavy atom. The molecule has 0 radical (unpaired) electrons. The van der Waals surface area contributed by atoms with E-state index in [0.717, 1.165) is 68.0 Å². The fourth-order valence-corrected chi connectivity index (χ4v) is 5.61. The van der Waals surface area contributed by atoms with Crippen LogP contribution in [0, 0.1) is 11.3 Å². The number of rotatable bonds is 5. The first kappa shape index (κ1) is 22.6. The number of piperazine rings is 1. The summed E-state index contributed by atoms with van der Waals surface area (Å²) >= 11 is 0. The molecular formula is C29H30N6O. The highest BCUT2D eigenvalue weighted by Crippen LogP contribution is 2.33. The first-order chi connectivity index (χ1) is 17.7. The average Bonchev–Trinajstić information content (AvgIpc) is 3.46. The lowest BCUT2D eigenvalue weighted by molar-refractivity contribution is 0.121. The topological polar surface area (TPSA) is 81.1 Å². The summed E-state index contributed by atoms with van der Waals surface area (Å²) < 4.78 is 6.38. The number of aromatic amines is 1. The van der Waals surface area contributed by atoms with Gasteiger partial charge in [-0.1, -0.05) is 18.2 Å². The molecule has 4 aromatic rings. The zero-order valence-electron chi connectivity index (χ0n) is 20.5. The molecule has 1 saturated heterocycles. The van der Waals surface area contributed by atoms with Gasteiger partial charge in [0.2, 0.25) is 0 Å². The van der Waals surface area contributed by atoms with Crippen LogP contribution in [-0.2, 0) is 6.42 Å². The zero-order chi connectivity index (χ0) is 24.5. The van der Waals surface area contributed by atoms with Crippen LogP contribution in [0.2, 0.25) is 0 Å². The largest absolute Gasteiger partial charge is 0.490 e. The molecule has 2 aliphatic rings. The predicted octanol–water partition coefficient (Wildman–Crippen LogP) is 4.79. The van der Waals surface area contributed by atoms with Crippen LogP contribution < -0.4 is 9.64 Å². The third kappa shape index (κ3) is 4.40. The molecule has 1 N–H and O–H groups in total. The Balaban J connectivity index is 1.06. The van der Waals surface area contributed by atoms with E-state index >= 15 is 0 Å². The molecule has 6 rings (SSSR count). The third-order valence-corrected chi connectivity index (χ3v) is 7.61. The first-order valence-electron chi connectivity index (χ1n) is 12.7. The lowest BCUT2D eigenvalue weighted by Crippen LogP contribution is -2.52. The normalized spacial score (nSPS) is 20.1. The molecule has 3 aromatic carbocycles. The summed E-state index contributed by atoms with van der Waals surface area (Å²) in [5.74, 6) is 1.80. The van der Waals surface area contributed by atoms with Crippen LogP contribution in [0.15, 0.2) is 60.9 Å². The van der Waals surface area contributed by atoms with E-state index in [1.54, 1.807) is 0 Å². The smallest absolute Gasteiger partial charge is 0.155 e. The van der Waals surface area contributed by atoms with E-state index in [-0.39, 0.29) is 6.10 Å². The van der Waals surface area contributed by atoms with E-state index in [1.807, 2.05) is 12.1 Å². The van der Waals surface area contributed by atoms with Crippen molar-refractivity contribution in [1.82, 2.24) is 20.1 Å². The number of nitrogens with one attached hydrogen (secondary N) is 1. The number of aryl methyl sites for hydroxylation is 1. The molecule has 0 amide bonds. The van der Waals surface area contributed by atoms with E-state index in [1.165, 1.54) is 23.0 Å². The molecule has 0 aliphatic carbocycles. The van der Waals surface area contributed by atoms with Crippen LogP contribution in [0.5, 0.6) is 5.75 Å². The third-order valence-electron chi connectivity index (χ3n) is 7.61. The van der Waals surface area contributed by atoms with Crippen molar-refractivity contribution >= 4 is 16.5 Å². The minimum atomic E-state index is 0.256. The Morgan fingerprint density at radius 3 is 2.92 bits per heavy atom. The van der Waals surface area contributed by atoms with Gasteiger partial charge in [-0.3, -0.25) is 10.00 Å². The Hall–Kier alpha value is -3.89. The molecule has 0 bridgehead atoms. The second-order valence-electron chi connectivity index (χ2n) is 9.88. The quantitative estimate of drug-likeness (QED) is 0.444. The molecule has 1 fully saturated rings. The molecule has 182 valence electrons. The van der Waals surface area contributed by atoms with Gasteiger partial charge in [0.1, 0.15) is 18.2 Å². The maximum Gasteiger partial charge on any atom is 0.155 e. The first-order valence-corrected chi connectivity index (χ1v) is 12.7. The van der Waals surface area contributed by atoms with Gasteiger partial charge in [-0.2, -0.15) is 10.4 Å². The fourth-order valence-electron chi connectivity index (χ4n) is 5.61. The van der Waals surface area contributed by atoms with Gasteiger partial charge in [-0.05, 0) is 73.5 Å².